The fourth-order valence-electron chi connectivity index (χ4n) is 1.75. The molecule has 8 nitrogen and oxygen atoms in total. The minimum absolute atomic E-state index is 0.0427. The molecule has 2 N–H and O–H groups in total. The third-order valence-electron chi connectivity index (χ3n) is 2.74. The van der Waals surface area contributed by atoms with Gasteiger partial charge in [0.15, 0.2) is 11.5 Å². The molecule has 0 unspecified atom stereocenters. The first-order chi connectivity index (χ1) is 9.99. The first-order valence-electron chi connectivity index (χ1n) is 6.81. The van der Waals surface area contributed by atoms with Crippen LogP contribution in [0.1, 0.15) is 17.4 Å². The predicted octanol–water partition coefficient (Wildman–Crippen LogP) is -0.221. The number of nitrogens with zero attached hydrogens (tertiary/aromatic N) is 3. The van der Waals surface area contributed by atoms with Crippen molar-refractivity contribution in [2.24, 2.45) is 0 Å². The number of imidazole rings is 1. The number of aromatic nitrogens is 2. The van der Waals surface area contributed by atoms with Crippen molar-refractivity contribution in [1.82, 2.24) is 19.8 Å². The van der Waals surface area contributed by atoms with Crippen molar-refractivity contribution in [3.8, 4) is 0 Å². The average Bonchev–Trinajstić information content (AvgIpc) is 2.81. The molecule has 21 heavy (non-hydrogen) atoms. The van der Waals surface area contributed by atoms with Crippen LogP contribution >= 0.6 is 0 Å². The molecule has 1 heterocycles. The van der Waals surface area contributed by atoms with Crippen molar-refractivity contribution in [2.75, 3.05) is 46.2 Å². The molecule has 1 amide bonds. The Labute approximate surface area is 124 Å². The molecule has 0 aliphatic carbocycles. The Balaban J connectivity index is 2.80. The average molecular weight is 297 g/mol. The van der Waals surface area contributed by atoms with Gasteiger partial charge in [0, 0.05) is 20.1 Å². The lowest BCUT2D eigenvalue weighted by atomic mass is 10.3. The lowest BCUT2D eigenvalue weighted by Crippen LogP contribution is -2.33. The van der Waals surface area contributed by atoms with E-state index in [1.54, 1.807) is 14.0 Å². The molecule has 0 saturated carbocycles. The summed E-state index contributed by atoms with van der Waals surface area (Å²) in [5, 5.41) is 5.65. The Morgan fingerprint density at radius 3 is 2.71 bits per heavy atom. The van der Waals surface area contributed by atoms with E-state index in [2.05, 4.69) is 15.6 Å². The monoisotopic (exact) mass is 297 g/mol. The Morgan fingerprint density at radius 2 is 2.14 bits per heavy atom. The zero-order valence-corrected chi connectivity index (χ0v) is 13.0. The molecule has 1 aromatic rings. The van der Waals surface area contributed by atoms with Crippen LogP contribution in [0, 0.1) is 0 Å². The van der Waals surface area contributed by atoms with Crippen LogP contribution in [0.3, 0.4) is 0 Å². The van der Waals surface area contributed by atoms with Gasteiger partial charge in [-0.05, 0) is 21.0 Å². The second kappa shape index (κ2) is 8.25. The maximum Gasteiger partial charge on any atom is 0.326 e. The van der Waals surface area contributed by atoms with E-state index < -0.39 is 5.97 Å². The molecule has 0 saturated heterocycles. The van der Waals surface area contributed by atoms with Crippen LogP contribution in [-0.4, -0.2) is 67.2 Å². The summed E-state index contributed by atoms with van der Waals surface area (Å²) in [5.74, 6) is -0.246. The number of carbonyl (C=O) groups is 2. The smallest absolute Gasteiger partial charge is 0.326 e. The fourth-order valence-corrected chi connectivity index (χ4v) is 1.75. The molecular weight excluding hydrogens is 274 g/mol. The molecule has 1 aromatic heterocycles. The lowest BCUT2D eigenvalue weighted by Gasteiger charge is -2.12. The minimum Gasteiger partial charge on any atom is -0.465 e. The van der Waals surface area contributed by atoms with E-state index in [-0.39, 0.29) is 12.5 Å². The number of carbonyl (C=O) groups excluding carboxylic acids is 2. The number of hydrogen-bond acceptors (Lipinski definition) is 6. The van der Waals surface area contributed by atoms with Gasteiger partial charge < -0.3 is 24.8 Å². The largest absolute Gasteiger partial charge is 0.465 e. The summed E-state index contributed by atoms with van der Waals surface area (Å²) in [6.07, 6.45) is 1.45. The van der Waals surface area contributed by atoms with Gasteiger partial charge in [0.05, 0.1) is 12.9 Å². The van der Waals surface area contributed by atoms with Crippen LogP contribution in [0.5, 0.6) is 0 Å². The molecule has 0 spiro atoms. The van der Waals surface area contributed by atoms with E-state index in [4.69, 9.17) is 4.74 Å². The lowest BCUT2D eigenvalue weighted by molar-refractivity contribution is -0.143. The Bertz CT molecular complexity index is 484. The number of esters is 1. The summed E-state index contributed by atoms with van der Waals surface area (Å²) >= 11 is 0. The zero-order valence-electron chi connectivity index (χ0n) is 13.0. The number of ether oxygens (including phenoxy) is 1. The SMILES string of the molecule is CCOC(=O)Cn1cnc(NC)c1C(=O)NCCN(C)C. The highest BCUT2D eigenvalue weighted by molar-refractivity contribution is 5.97. The van der Waals surface area contributed by atoms with Crippen LogP contribution in [0.25, 0.3) is 0 Å². The quantitative estimate of drug-likeness (QED) is 0.645. The summed E-state index contributed by atoms with van der Waals surface area (Å²) < 4.78 is 6.37. The summed E-state index contributed by atoms with van der Waals surface area (Å²) in [6.45, 7) is 3.24. The molecule has 0 fully saturated rings. The molecule has 0 bridgehead atoms. The van der Waals surface area contributed by atoms with Crippen LogP contribution in [0.2, 0.25) is 0 Å². The zero-order chi connectivity index (χ0) is 15.8. The maximum absolute atomic E-state index is 12.2. The number of likely N-dealkylation sites (N-methyl/N-ethyl adjacent to an activating group) is 1. The number of nitrogens with one attached hydrogen (secondary N) is 2. The van der Waals surface area contributed by atoms with Crippen LogP contribution in [0.4, 0.5) is 5.82 Å². The molecule has 1 rings (SSSR count). The normalized spacial score (nSPS) is 10.5. The first kappa shape index (κ1) is 17.0. The molecule has 0 aliphatic heterocycles. The number of hydrogen-bond donors (Lipinski definition) is 2. The Hall–Kier alpha value is -2.09. The number of anilines is 1. The minimum atomic E-state index is -0.403. The van der Waals surface area contributed by atoms with Gasteiger partial charge in [-0.15, -0.1) is 0 Å². The van der Waals surface area contributed by atoms with E-state index in [1.165, 1.54) is 10.9 Å². The summed E-state index contributed by atoms with van der Waals surface area (Å²) in [6, 6.07) is 0. The van der Waals surface area contributed by atoms with Crippen molar-refractivity contribution >= 4 is 17.7 Å². The molecule has 118 valence electrons. The van der Waals surface area contributed by atoms with Gasteiger partial charge in [-0.2, -0.15) is 0 Å². The van der Waals surface area contributed by atoms with Gasteiger partial charge in [-0.25, -0.2) is 4.98 Å². The van der Waals surface area contributed by atoms with Crippen LogP contribution in [0.15, 0.2) is 6.33 Å². The summed E-state index contributed by atoms with van der Waals surface area (Å²) in [7, 11) is 5.53. The molecule has 0 radical (unpaired) electrons. The van der Waals surface area contributed by atoms with E-state index in [0.29, 0.717) is 24.7 Å². The fraction of sp³-hybridized carbons (Fsp3) is 0.615. The van der Waals surface area contributed by atoms with Crippen molar-refractivity contribution in [1.29, 1.82) is 0 Å². The highest BCUT2D eigenvalue weighted by Crippen LogP contribution is 2.13. The van der Waals surface area contributed by atoms with Gasteiger partial charge in [0.1, 0.15) is 6.54 Å². The molecule has 0 aliphatic rings. The predicted molar refractivity (Wildman–Crippen MR) is 79.3 cm³/mol. The van der Waals surface area contributed by atoms with Crippen molar-refractivity contribution in [2.45, 2.75) is 13.5 Å². The van der Waals surface area contributed by atoms with E-state index in [9.17, 15) is 9.59 Å². The maximum atomic E-state index is 12.2. The number of rotatable bonds is 8. The van der Waals surface area contributed by atoms with Gasteiger partial charge >= 0.3 is 5.97 Å². The van der Waals surface area contributed by atoms with Crippen LogP contribution in [-0.2, 0) is 16.1 Å². The first-order valence-corrected chi connectivity index (χ1v) is 6.81. The van der Waals surface area contributed by atoms with Crippen molar-refractivity contribution in [3.63, 3.8) is 0 Å². The van der Waals surface area contributed by atoms with Gasteiger partial charge in [0.2, 0.25) is 0 Å². The van der Waals surface area contributed by atoms with Crippen LogP contribution < -0.4 is 10.6 Å². The van der Waals surface area contributed by atoms with Crippen molar-refractivity contribution < 1.29 is 14.3 Å². The van der Waals surface area contributed by atoms with Gasteiger partial charge in [-0.1, -0.05) is 0 Å². The van der Waals surface area contributed by atoms with E-state index in [1.807, 2.05) is 19.0 Å². The highest BCUT2D eigenvalue weighted by Gasteiger charge is 2.19. The standard InChI is InChI=1S/C13H23N5O3/c1-5-21-10(19)8-18-9-16-12(14-2)11(18)13(20)15-6-7-17(3)4/h9,14H,5-8H2,1-4H3,(H,15,20). The summed E-state index contributed by atoms with van der Waals surface area (Å²) in [5.41, 5.74) is 0.323. The van der Waals surface area contributed by atoms with Crippen molar-refractivity contribution in [3.05, 3.63) is 12.0 Å². The summed E-state index contributed by atoms with van der Waals surface area (Å²) in [4.78, 5) is 29.9. The molecule has 0 atom stereocenters. The second-order valence-electron chi connectivity index (χ2n) is 4.68. The molecule has 0 aromatic carbocycles. The highest BCUT2D eigenvalue weighted by atomic mass is 16.5. The van der Waals surface area contributed by atoms with Gasteiger partial charge in [0.25, 0.3) is 5.91 Å². The third-order valence-corrected chi connectivity index (χ3v) is 2.74. The number of amides is 1. The van der Waals surface area contributed by atoms with E-state index in [0.717, 1.165) is 6.54 Å². The topological polar surface area (TPSA) is 88.5 Å². The van der Waals surface area contributed by atoms with E-state index >= 15 is 0 Å². The van der Waals surface area contributed by atoms with Gasteiger partial charge in [-0.3, -0.25) is 9.59 Å². The second-order valence-corrected chi connectivity index (χ2v) is 4.68. The Morgan fingerprint density at radius 1 is 1.43 bits per heavy atom. The Kier molecular flexibility index (Phi) is 6.67. The molecule has 8 heteroatoms. The third kappa shape index (κ3) is 5.07. The molecular formula is C13H23N5O3.